The first-order valence-electron chi connectivity index (χ1n) is 13.0. The van der Waals surface area contributed by atoms with Gasteiger partial charge < -0.3 is 10.0 Å². The first-order valence-corrected chi connectivity index (χ1v) is 14.2. The summed E-state index contributed by atoms with van der Waals surface area (Å²) in [5.74, 6) is 0.274. The van der Waals surface area contributed by atoms with Crippen molar-refractivity contribution >= 4 is 17.6 Å². The van der Waals surface area contributed by atoms with Crippen molar-refractivity contribution in [2.75, 3.05) is 11.2 Å². The molecule has 0 spiro atoms. The molecule has 1 aromatic carbocycles. The highest BCUT2D eigenvalue weighted by atomic mass is 32.2. The maximum Gasteiger partial charge on any atom is 0.214 e. The number of phenolic OH excluding ortho intramolecular Hbond substituents is 1. The fourth-order valence-electron chi connectivity index (χ4n) is 5.65. The van der Waals surface area contributed by atoms with Crippen LogP contribution in [-0.4, -0.2) is 49.8 Å². The van der Waals surface area contributed by atoms with Gasteiger partial charge in [-0.15, -0.1) is 22.0 Å². The van der Waals surface area contributed by atoms with E-state index in [2.05, 4.69) is 38.9 Å². The maximum atomic E-state index is 15.2. The summed E-state index contributed by atoms with van der Waals surface area (Å²) in [7, 11) is 0. The average Bonchev–Trinajstić information content (AvgIpc) is 3.72. The van der Waals surface area contributed by atoms with Crippen LogP contribution in [0.25, 0.3) is 22.5 Å². The first-order chi connectivity index (χ1) is 17.8. The van der Waals surface area contributed by atoms with Gasteiger partial charge in [-0.1, -0.05) is 26.3 Å². The van der Waals surface area contributed by atoms with Gasteiger partial charge in [0.1, 0.15) is 11.9 Å². The van der Waals surface area contributed by atoms with Crippen molar-refractivity contribution in [3.05, 3.63) is 42.5 Å². The zero-order valence-electron chi connectivity index (χ0n) is 21.5. The molecule has 0 radical (unpaired) electrons. The number of anilines is 1. The van der Waals surface area contributed by atoms with E-state index < -0.39 is 12.1 Å². The highest BCUT2D eigenvalue weighted by Crippen LogP contribution is 2.46. The van der Waals surface area contributed by atoms with E-state index in [9.17, 15) is 9.50 Å². The van der Waals surface area contributed by atoms with Gasteiger partial charge in [-0.25, -0.2) is 14.4 Å². The Balaban J connectivity index is 1.39. The predicted octanol–water partition coefficient (Wildman–Crippen LogP) is 6.83. The van der Waals surface area contributed by atoms with Crippen molar-refractivity contribution in [3.8, 4) is 28.3 Å². The van der Waals surface area contributed by atoms with E-state index >= 15 is 4.39 Å². The zero-order valence-corrected chi connectivity index (χ0v) is 22.3. The Morgan fingerprint density at radius 1 is 1.14 bits per heavy atom. The number of hydrogen-bond acceptors (Lipinski definition) is 7. The summed E-state index contributed by atoms with van der Waals surface area (Å²) in [4.78, 5) is 10.5. The second-order valence-corrected chi connectivity index (χ2v) is 11.4. The molecule has 2 aliphatic rings. The number of benzene rings is 1. The Morgan fingerprint density at radius 2 is 1.95 bits per heavy atom. The molecule has 2 aromatic heterocycles. The Morgan fingerprint density at radius 3 is 2.59 bits per heavy atom. The van der Waals surface area contributed by atoms with Crippen molar-refractivity contribution in [1.29, 1.82) is 0 Å². The van der Waals surface area contributed by atoms with Crippen LogP contribution < -0.4 is 4.90 Å². The fourth-order valence-corrected chi connectivity index (χ4v) is 6.08. The van der Waals surface area contributed by atoms with Crippen LogP contribution >= 0.6 is 11.8 Å². The highest BCUT2D eigenvalue weighted by Gasteiger charge is 2.45. The average molecular weight is 526 g/mol. The third kappa shape index (κ3) is 5.56. The first kappa shape index (κ1) is 25.8. The summed E-state index contributed by atoms with van der Waals surface area (Å²) in [6.45, 7) is 4.47. The Kier molecular flexibility index (Phi) is 7.34. The molecule has 0 bridgehead atoms. The number of hydrogen-bond donors (Lipinski definition) is 1. The maximum absolute atomic E-state index is 15.2. The molecule has 196 valence electrons. The molecule has 0 amide bonds. The molecule has 9 heteroatoms. The molecule has 2 saturated carbocycles. The van der Waals surface area contributed by atoms with E-state index in [1.165, 1.54) is 17.8 Å². The Bertz CT molecular complexity index is 1260. The smallest absolute Gasteiger partial charge is 0.214 e. The number of pyridine rings is 1. The van der Waals surface area contributed by atoms with Gasteiger partial charge in [-0.3, -0.25) is 0 Å². The minimum Gasteiger partial charge on any atom is -0.507 e. The van der Waals surface area contributed by atoms with Crippen molar-refractivity contribution in [2.45, 2.75) is 82.1 Å². The van der Waals surface area contributed by atoms with Gasteiger partial charge in [0.25, 0.3) is 0 Å². The summed E-state index contributed by atoms with van der Waals surface area (Å²) >= 11 is 1.35. The molecular formula is C28H33F2N5OS. The number of alkyl halides is 1. The number of nitrogens with zero attached hydrogens (tertiary/aromatic N) is 5. The van der Waals surface area contributed by atoms with Crippen LogP contribution in [0.4, 0.5) is 14.6 Å². The predicted molar refractivity (Wildman–Crippen MR) is 143 cm³/mol. The summed E-state index contributed by atoms with van der Waals surface area (Å²) in [5.41, 5.74) is 1.84. The van der Waals surface area contributed by atoms with Crippen LogP contribution in [0, 0.1) is 11.4 Å². The number of aromatic hydroxyl groups is 1. The van der Waals surface area contributed by atoms with Gasteiger partial charge in [0, 0.05) is 12.1 Å². The number of phenols is 1. The van der Waals surface area contributed by atoms with Gasteiger partial charge in [0.2, 0.25) is 5.95 Å². The Labute approximate surface area is 220 Å². The second-order valence-electron chi connectivity index (χ2n) is 10.6. The standard InChI is InChI=1S/C28H33F2N5OS/c1-4-10-28(2)11-9-21(29)22(15-28)35(19-6-7-19)25-16-31-27(34-33-25)20-8-5-17(12-23(20)36)18-13-24(30)32-26(14-18)37-3/h5,8,12-14,16,19,21-22,36H,4,6-7,9-11,15H2,1-3H3/t21-,22+,28+/m0/s1. The van der Waals surface area contributed by atoms with Crippen LogP contribution in [0.5, 0.6) is 5.75 Å². The minimum atomic E-state index is -0.895. The molecule has 6 nitrogen and oxygen atoms in total. The van der Waals surface area contributed by atoms with Crippen LogP contribution in [0.2, 0.25) is 0 Å². The lowest BCUT2D eigenvalue weighted by atomic mass is 9.70. The molecule has 5 rings (SSSR count). The number of aromatic nitrogens is 4. The van der Waals surface area contributed by atoms with Gasteiger partial charge in [-0.05, 0) is 79.5 Å². The monoisotopic (exact) mass is 525 g/mol. The number of halogens is 2. The number of thioether (sulfide) groups is 1. The van der Waals surface area contributed by atoms with E-state index in [0.29, 0.717) is 34.0 Å². The molecule has 37 heavy (non-hydrogen) atoms. The fraction of sp³-hybridized carbons (Fsp3) is 0.500. The molecule has 0 aliphatic heterocycles. The summed E-state index contributed by atoms with van der Waals surface area (Å²) in [6, 6.07) is 8.21. The molecule has 0 saturated heterocycles. The van der Waals surface area contributed by atoms with Crippen LogP contribution in [0.3, 0.4) is 0 Å². The topological polar surface area (TPSA) is 75.0 Å². The second kappa shape index (κ2) is 10.5. The third-order valence-electron chi connectivity index (χ3n) is 7.66. The van der Waals surface area contributed by atoms with E-state index in [0.717, 1.165) is 38.5 Å². The number of rotatable bonds is 8. The molecular weight excluding hydrogens is 492 g/mol. The van der Waals surface area contributed by atoms with Gasteiger partial charge in [0.05, 0.1) is 22.8 Å². The van der Waals surface area contributed by atoms with Gasteiger partial charge >= 0.3 is 0 Å². The van der Waals surface area contributed by atoms with Crippen LogP contribution in [0.15, 0.2) is 41.6 Å². The van der Waals surface area contributed by atoms with Gasteiger partial charge in [-0.2, -0.15) is 4.39 Å². The summed E-state index contributed by atoms with van der Waals surface area (Å²) in [5, 5.41) is 20.1. The van der Waals surface area contributed by atoms with E-state index in [1.807, 2.05) is 6.26 Å². The van der Waals surface area contributed by atoms with E-state index in [1.54, 1.807) is 30.5 Å². The zero-order chi connectivity index (χ0) is 26.2. The SMILES string of the molecule is CCC[C@]1(C)CC[C@H](F)[C@H](N(c2cnc(-c3ccc(-c4cc(F)nc(SC)c4)cc3O)nn2)C2CC2)C1. The molecule has 2 aliphatic carbocycles. The van der Waals surface area contributed by atoms with Crippen molar-refractivity contribution in [1.82, 2.24) is 20.2 Å². The third-order valence-corrected chi connectivity index (χ3v) is 8.29. The minimum absolute atomic E-state index is 0.0274. The molecule has 3 atom stereocenters. The van der Waals surface area contributed by atoms with Crippen LogP contribution in [-0.2, 0) is 0 Å². The summed E-state index contributed by atoms with van der Waals surface area (Å²) < 4.78 is 29.1. The van der Waals surface area contributed by atoms with E-state index in [4.69, 9.17) is 0 Å². The largest absolute Gasteiger partial charge is 0.507 e. The molecule has 2 fully saturated rings. The normalized spacial score (nSPS) is 23.7. The van der Waals surface area contributed by atoms with E-state index in [-0.39, 0.29) is 29.1 Å². The van der Waals surface area contributed by atoms with Crippen molar-refractivity contribution in [2.24, 2.45) is 5.41 Å². The van der Waals surface area contributed by atoms with Crippen molar-refractivity contribution < 1.29 is 13.9 Å². The molecule has 1 N–H and O–H groups in total. The highest BCUT2D eigenvalue weighted by molar-refractivity contribution is 7.98. The lowest BCUT2D eigenvalue weighted by Crippen LogP contribution is -2.50. The van der Waals surface area contributed by atoms with Crippen LogP contribution in [0.1, 0.15) is 58.8 Å². The summed E-state index contributed by atoms with van der Waals surface area (Å²) in [6.07, 6.45) is 9.11. The Hall–Kier alpha value is -2.81. The van der Waals surface area contributed by atoms with Crippen molar-refractivity contribution in [3.63, 3.8) is 0 Å². The lowest BCUT2D eigenvalue weighted by Gasteiger charge is -2.45. The lowest BCUT2D eigenvalue weighted by molar-refractivity contribution is 0.0994. The molecule has 3 aromatic rings. The molecule has 2 heterocycles. The quantitative estimate of drug-likeness (QED) is 0.255. The van der Waals surface area contributed by atoms with Gasteiger partial charge in [0.15, 0.2) is 11.6 Å². The molecule has 0 unspecified atom stereocenters.